The molecule has 0 fully saturated rings. The van der Waals surface area contributed by atoms with E-state index in [-0.39, 0.29) is 35.9 Å². The molecule has 0 atom stereocenters. The number of nitrogens with one attached hydrogen (secondary N) is 3. The van der Waals surface area contributed by atoms with Gasteiger partial charge in [0.2, 0.25) is 5.95 Å². The summed E-state index contributed by atoms with van der Waals surface area (Å²) in [7, 11) is -2.03. The molecule has 3 aromatic rings. The number of hydrogen-bond acceptors (Lipinski definition) is 7. The Bertz CT molecular complexity index is 1440. The summed E-state index contributed by atoms with van der Waals surface area (Å²) in [6, 6.07) is 7.77. The van der Waals surface area contributed by atoms with Gasteiger partial charge in [-0.1, -0.05) is 26.0 Å². The maximum atomic E-state index is 14.4. The van der Waals surface area contributed by atoms with Crippen LogP contribution in [0.15, 0.2) is 42.6 Å². The highest BCUT2D eigenvalue weighted by atomic mass is 31.2. The van der Waals surface area contributed by atoms with E-state index in [9.17, 15) is 36.7 Å². The van der Waals surface area contributed by atoms with Crippen LogP contribution in [0, 0.1) is 5.82 Å². The molecule has 0 unspecified atom stereocenters. The molecule has 0 aliphatic carbocycles. The highest BCUT2D eigenvalue weighted by molar-refractivity contribution is 7.53. The van der Waals surface area contributed by atoms with Crippen molar-refractivity contribution >= 4 is 36.6 Å². The molecule has 1 aromatic heterocycles. The first kappa shape index (κ1) is 30.8. The number of halogens is 4. The molecular formula is C25H28F4N5O5P. The van der Waals surface area contributed by atoms with Crippen molar-refractivity contribution < 1.29 is 41.4 Å². The maximum Gasteiger partial charge on any atom is 0.421 e. The molecule has 0 spiro atoms. The van der Waals surface area contributed by atoms with Crippen molar-refractivity contribution in [3.63, 3.8) is 0 Å². The van der Waals surface area contributed by atoms with Crippen LogP contribution in [0.1, 0.15) is 48.2 Å². The molecular weight excluding hydrogens is 557 g/mol. The molecule has 0 aliphatic rings. The molecule has 0 aliphatic heterocycles. The summed E-state index contributed by atoms with van der Waals surface area (Å²) in [4.78, 5) is 40.0. The molecule has 15 heteroatoms. The van der Waals surface area contributed by atoms with Gasteiger partial charge in [0.15, 0.2) is 0 Å². The van der Waals surface area contributed by atoms with E-state index >= 15 is 0 Å². The van der Waals surface area contributed by atoms with Crippen LogP contribution in [-0.4, -0.2) is 39.8 Å². The largest absolute Gasteiger partial charge is 0.495 e. The summed E-state index contributed by atoms with van der Waals surface area (Å²) < 4.78 is 73.5. The first-order valence-electron chi connectivity index (χ1n) is 11.9. The Labute approximate surface area is 227 Å². The van der Waals surface area contributed by atoms with Crippen molar-refractivity contribution in [2.24, 2.45) is 0 Å². The highest BCUT2D eigenvalue weighted by Crippen LogP contribution is 2.61. The van der Waals surface area contributed by atoms with Gasteiger partial charge in [-0.15, -0.1) is 0 Å². The average molecular weight is 585 g/mol. The van der Waals surface area contributed by atoms with Crippen molar-refractivity contribution in [1.29, 1.82) is 0 Å². The Kier molecular flexibility index (Phi) is 9.07. The van der Waals surface area contributed by atoms with E-state index in [2.05, 4.69) is 25.9 Å². The predicted octanol–water partition coefficient (Wildman–Crippen LogP) is 5.68. The summed E-state index contributed by atoms with van der Waals surface area (Å²) in [5.41, 5.74) is -1.53. The number of hydrogen-bond donors (Lipinski definition) is 5. The van der Waals surface area contributed by atoms with Gasteiger partial charge in [-0.2, -0.15) is 18.2 Å². The zero-order valence-corrected chi connectivity index (χ0v) is 22.8. The zero-order valence-electron chi connectivity index (χ0n) is 21.9. The quantitative estimate of drug-likeness (QED) is 0.150. The number of nitrogens with zero attached hydrogens (tertiary/aromatic N) is 2. The monoisotopic (exact) mass is 585 g/mol. The second-order valence-electron chi connectivity index (χ2n) is 8.64. The van der Waals surface area contributed by atoms with Gasteiger partial charge >= 0.3 is 13.8 Å². The number of anilines is 4. The van der Waals surface area contributed by atoms with Crippen molar-refractivity contribution in [3.8, 4) is 5.75 Å². The van der Waals surface area contributed by atoms with Gasteiger partial charge < -0.3 is 30.5 Å². The first-order chi connectivity index (χ1) is 18.7. The summed E-state index contributed by atoms with van der Waals surface area (Å²) >= 11 is 0. The van der Waals surface area contributed by atoms with Crippen molar-refractivity contribution in [2.75, 3.05) is 24.8 Å². The molecule has 40 heavy (non-hydrogen) atoms. The van der Waals surface area contributed by atoms with Gasteiger partial charge in [0, 0.05) is 13.2 Å². The smallest absolute Gasteiger partial charge is 0.421 e. The summed E-state index contributed by atoms with van der Waals surface area (Å²) in [6.45, 7) is 3.31. The topological polar surface area (TPSA) is 146 Å². The minimum atomic E-state index is -4.90. The number of methoxy groups -OCH3 is 1. The summed E-state index contributed by atoms with van der Waals surface area (Å²) in [5.74, 6) is -2.76. The Morgan fingerprint density at radius 2 is 1.75 bits per heavy atom. The lowest BCUT2D eigenvalue weighted by atomic mass is 9.92. The van der Waals surface area contributed by atoms with Gasteiger partial charge in [0.25, 0.3) is 5.91 Å². The third-order valence-corrected chi connectivity index (χ3v) is 8.53. The van der Waals surface area contributed by atoms with Crippen LogP contribution in [0.2, 0.25) is 0 Å². The number of carbonyl (C=O) groups excluding carboxylic acids is 1. The van der Waals surface area contributed by atoms with E-state index in [1.807, 2.05) is 0 Å². The lowest BCUT2D eigenvalue weighted by Gasteiger charge is -2.33. The lowest BCUT2D eigenvalue weighted by molar-refractivity contribution is -0.137. The normalized spacial score (nSPS) is 12.2. The van der Waals surface area contributed by atoms with E-state index in [0.29, 0.717) is 11.8 Å². The standard InChI is InChI=1S/C25H28F4N5O5P/c1-5-24(6-2,40(36,37)38)14-10-11-17(19(12-14)39-4)33-23-31-13-15(25(27,28)29)21(34-23)32-18-9-7-8-16(26)20(18)22(35)30-3/h7-13H,5-6H2,1-4H3,(H,30,35)(H2,36,37,38)(H2,31,32,33,34). The van der Waals surface area contributed by atoms with E-state index in [1.54, 1.807) is 13.8 Å². The van der Waals surface area contributed by atoms with E-state index in [4.69, 9.17) is 4.74 Å². The van der Waals surface area contributed by atoms with Crippen LogP contribution in [-0.2, 0) is 15.9 Å². The molecule has 0 bridgehead atoms. The number of ether oxygens (including phenoxy) is 1. The number of aromatic nitrogens is 2. The molecule has 10 nitrogen and oxygen atoms in total. The third-order valence-electron chi connectivity index (χ3n) is 6.53. The molecule has 3 rings (SSSR count). The molecule has 0 radical (unpaired) electrons. The predicted molar refractivity (Wildman–Crippen MR) is 141 cm³/mol. The molecule has 2 aromatic carbocycles. The Morgan fingerprint density at radius 1 is 1.07 bits per heavy atom. The summed E-state index contributed by atoms with van der Waals surface area (Å²) in [5, 5.41) is 5.90. The fourth-order valence-electron chi connectivity index (χ4n) is 4.30. The maximum absolute atomic E-state index is 14.4. The average Bonchev–Trinajstić information content (AvgIpc) is 2.88. The number of carbonyl (C=O) groups is 1. The zero-order chi connectivity index (χ0) is 29.9. The van der Waals surface area contributed by atoms with Crippen molar-refractivity contribution in [3.05, 3.63) is 65.1 Å². The van der Waals surface area contributed by atoms with Crippen LogP contribution in [0.5, 0.6) is 5.75 Å². The van der Waals surface area contributed by atoms with Crippen molar-refractivity contribution in [2.45, 2.75) is 38.0 Å². The van der Waals surface area contributed by atoms with Crippen LogP contribution >= 0.6 is 7.60 Å². The Hall–Kier alpha value is -3.74. The van der Waals surface area contributed by atoms with Crippen LogP contribution in [0.25, 0.3) is 0 Å². The van der Waals surface area contributed by atoms with Gasteiger partial charge in [0.05, 0.1) is 29.2 Å². The number of amides is 1. The molecule has 1 heterocycles. The number of rotatable bonds is 10. The van der Waals surface area contributed by atoms with E-state index in [0.717, 1.165) is 6.07 Å². The van der Waals surface area contributed by atoms with Gasteiger partial charge in [-0.05, 0) is 42.7 Å². The fraction of sp³-hybridized carbons (Fsp3) is 0.320. The van der Waals surface area contributed by atoms with Gasteiger partial charge in [-0.25, -0.2) is 9.37 Å². The van der Waals surface area contributed by atoms with E-state index in [1.165, 1.54) is 44.5 Å². The first-order valence-corrected chi connectivity index (χ1v) is 13.6. The van der Waals surface area contributed by atoms with Crippen LogP contribution in [0.4, 0.5) is 40.7 Å². The van der Waals surface area contributed by atoms with Gasteiger partial charge in [-0.3, -0.25) is 9.36 Å². The Morgan fingerprint density at radius 3 is 2.30 bits per heavy atom. The fourth-order valence-corrected chi connectivity index (χ4v) is 5.60. The van der Waals surface area contributed by atoms with Gasteiger partial charge in [0.1, 0.15) is 22.9 Å². The second kappa shape index (κ2) is 11.8. The number of benzene rings is 2. The molecule has 216 valence electrons. The highest BCUT2D eigenvalue weighted by Gasteiger charge is 2.45. The number of alkyl halides is 3. The molecule has 5 N–H and O–H groups in total. The molecule has 0 saturated heterocycles. The Balaban J connectivity index is 2.07. The lowest BCUT2D eigenvalue weighted by Crippen LogP contribution is -2.24. The summed E-state index contributed by atoms with van der Waals surface area (Å²) in [6.07, 6.45) is -4.10. The SMILES string of the molecule is CCC(CC)(c1ccc(Nc2ncc(C(F)(F)F)c(Nc3cccc(F)c3C(=O)NC)n2)c(OC)c1)P(=O)(O)O. The van der Waals surface area contributed by atoms with Crippen LogP contribution < -0.4 is 20.7 Å². The van der Waals surface area contributed by atoms with Crippen LogP contribution in [0.3, 0.4) is 0 Å². The van der Waals surface area contributed by atoms with E-state index < -0.39 is 47.6 Å². The van der Waals surface area contributed by atoms with Crippen molar-refractivity contribution in [1.82, 2.24) is 15.3 Å². The third kappa shape index (κ3) is 6.03. The minimum absolute atomic E-state index is 0.127. The molecule has 0 saturated carbocycles. The minimum Gasteiger partial charge on any atom is -0.495 e. The molecule has 1 amide bonds. The second-order valence-corrected chi connectivity index (χ2v) is 10.6.